The quantitative estimate of drug-likeness (QED) is 0.392. The van der Waals surface area contributed by atoms with E-state index in [4.69, 9.17) is 0 Å². The van der Waals surface area contributed by atoms with Crippen LogP contribution in [-0.4, -0.2) is 41.5 Å². The second-order valence-electron chi connectivity index (χ2n) is 7.38. The van der Waals surface area contributed by atoms with Gasteiger partial charge in [0.2, 0.25) is 15.9 Å². The normalized spacial score (nSPS) is 12.5. The molecule has 0 fully saturated rings. The predicted molar refractivity (Wildman–Crippen MR) is 120 cm³/mol. The van der Waals surface area contributed by atoms with Gasteiger partial charge in [-0.2, -0.15) is 4.72 Å². The fraction of sp³-hybridized carbons (Fsp3) is 0.174. The van der Waals surface area contributed by atoms with E-state index >= 15 is 0 Å². The van der Waals surface area contributed by atoms with Crippen molar-refractivity contribution in [3.05, 3.63) is 96.2 Å². The van der Waals surface area contributed by atoms with Crippen molar-refractivity contribution in [1.82, 2.24) is 24.6 Å². The molecule has 2 aromatic carbocycles. The Morgan fingerprint density at radius 2 is 1.70 bits per heavy atom. The van der Waals surface area contributed by atoms with Crippen molar-refractivity contribution in [2.24, 2.45) is 0 Å². The zero-order valence-electron chi connectivity index (χ0n) is 17.6. The molecule has 0 spiro atoms. The maximum atomic E-state index is 14.1. The van der Waals surface area contributed by atoms with Crippen molar-refractivity contribution in [3.63, 3.8) is 0 Å². The van der Waals surface area contributed by atoms with Crippen molar-refractivity contribution in [2.45, 2.75) is 23.8 Å². The van der Waals surface area contributed by atoms with Crippen LogP contribution in [0, 0.1) is 5.82 Å². The first kappa shape index (κ1) is 22.6. The minimum Gasteiger partial charge on any atom is -0.354 e. The van der Waals surface area contributed by atoms with Crippen molar-refractivity contribution >= 4 is 21.6 Å². The van der Waals surface area contributed by atoms with Gasteiger partial charge >= 0.3 is 0 Å². The monoisotopic (exact) mass is 467 g/mol. The highest BCUT2D eigenvalue weighted by Gasteiger charge is 2.27. The summed E-state index contributed by atoms with van der Waals surface area (Å²) >= 11 is 0. The van der Waals surface area contributed by atoms with Gasteiger partial charge in [-0.25, -0.2) is 12.8 Å². The van der Waals surface area contributed by atoms with E-state index in [1.807, 2.05) is 34.9 Å². The number of carbonyl (C=O) groups is 1. The van der Waals surface area contributed by atoms with Gasteiger partial charge in [0.05, 0.1) is 0 Å². The summed E-state index contributed by atoms with van der Waals surface area (Å²) in [5, 5.41) is 10.9. The Labute approximate surface area is 190 Å². The van der Waals surface area contributed by atoms with Crippen LogP contribution >= 0.6 is 0 Å². The van der Waals surface area contributed by atoms with E-state index in [1.54, 1.807) is 24.3 Å². The molecule has 10 heteroatoms. The van der Waals surface area contributed by atoms with Crippen LogP contribution in [0.4, 0.5) is 4.39 Å². The summed E-state index contributed by atoms with van der Waals surface area (Å²) in [6.45, 7) is 0.223. The molecular formula is C23H22FN5O3S. The third kappa shape index (κ3) is 5.41. The Balaban J connectivity index is 1.49. The Kier molecular flexibility index (Phi) is 6.76. The molecule has 2 heterocycles. The zero-order valence-corrected chi connectivity index (χ0v) is 18.4. The number of fused-ring (bicyclic) bond motifs is 1. The number of halogens is 1. The zero-order chi connectivity index (χ0) is 23.3. The van der Waals surface area contributed by atoms with Crippen LogP contribution in [0.3, 0.4) is 0 Å². The second-order valence-corrected chi connectivity index (χ2v) is 9.06. The van der Waals surface area contributed by atoms with Crippen LogP contribution in [0.2, 0.25) is 0 Å². The predicted octanol–water partition coefficient (Wildman–Crippen LogP) is 2.12. The fourth-order valence-electron chi connectivity index (χ4n) is 3.43. The topological polar surface area (TPSA) is 105 Å². The summed E-state index contributed by atoms with van der Waals surface area (Å²) in [7, 11) is -4.26. The third-order valence-corrected chi connectivity index (χ3v) is 6.56. The average molecular weight is 468 g/mol. The lowest BCUT2D eigenvalue weighted by Crippen LogP contribution is -2.48. The van der Waals surface area contributed by atoms with Crippen LogP contribution in [0.5, 0.6) is 0 Å². The molecule has 0 radical (unpaired) electrons. The maximum Gasteiger partial charge on any atom is 0.244 e. The molecule has 1 amide bonds. The largest absolute Gasteiger partial charge is 0.354 e. The Morgan fingerprint density at radius 3 is 2.48 bits per heavy atom. The molecule has 0 aliphatic heterocycles. The molecular weight excluding hydrogens is 445 g/mol. The van der Waals surface area contributed by atoms with E-state index in [-0.39, 0.29) is 13.0 Å². The Morgan fingerprint density at radius 1 is 0.970 bits per heavy atom. The van der Waals surface area contributed by atoms with E-state index in [0.717, 1.165) is 17.7 Å². The number of pyridine rings is 1. The highest BCUT2D eigenvalue weighted by Crippen LogP contribution is 2.15. The Hall–Kier alpha value is -3.63. The lowest BCUT2D eigenvalue weighted by Gasteiger charge is -2.19. The molecule has 0 saturated heterocycles. The fourth-order valence-corrected chi connectivity index (χ4v) is 4.71. The van der Waals surface area contributed by atoms with Gasteiger partial charge < -0.3 is 5.32 Å². The molecule has 2 aromatic heterocycles. The molecule has 0 unspecified atom stereocenters. The van der Waals surface area contributed by atoms with Gasteiger partial charge in [0.25, 0.3) is 0 Å². The van der Waals surface area contributed by atoms with Crippen LogP contribution in [0.25, 0.3) is 5.65 Å². The van der Waals surface area contributed by atoms with Crippen LogP contribution in [-0.2, 0) is 27.7 Å². The molecule has 2 N–H and O–H groups in total. The maximum absolute atomic E-state index is 14.1. The lowest BCUT2D eigenvalue weighted by atomic mass is 10.1. The Bertz CT molecular complexity index is 1360. The van der Waals surface area contributed by atoms with Crippen molar-refractivity contribution in [3.8, 4) is 0 Å². The molecule has 8 nitrogen and oxygen atoms in total. The van der Waals surface area contributed by atoms with Crippen molar-refractivity contribution < 1.29 is 17.6 Å². The van der Waals surface area contributed by atoms with Gasteiger partial charge in [0.15, 0.2) is 5.65 Å². The van der Waals surface area contributed by atoms with Gasteiger partial charge in [0.1, 0.15) is 22.6 Å². The van der Waals surface area contributed by atoms with Crippen molar-refractivity contribution in [2.75, 3.05) is 6.54 Å². The highest BCUT2D eigenvalue weighted by molar-refractivity contribution is 7.89. The van der Waals surface area contributed by atoms with E-state index in [0.29, 0.717) is 17.9 Å². The molecule has 4 rings (SSSR count). The minimum absolute atomic E-state index is 0.105. The van der Waals surface area contributed by atoms with E-state index in [1.165, 1.54) is 12.1 Å². The lowest BCUT2D eigenvalue weighted by molar-refractivity contribution is -0.122. The highest BCUT2D eigenvalue weighted by atomic mass is 32.2. The van der Waals surface area contributed by atoms with E-state index < -0.39 is 32.7 Å². The van der Waals surface area contributed by atoms with E-state index in [2.05, 4.69) is 20.2 Å². The number of sulfonamides is 1. The van der Waals surface area contributed by atoms with Crippen molar-refractivity contribution in [1.29, 1.82) is 0 Å². The van der Waals surface area contributed by atoms with Crippen LogP contribution in [0.15, 0.2) is 83.9 Å². The summed E-state index contributed by atoms with van der Waals surface area (Å²) in [5.74, 6) is -0.743. The third-order valence-electron chi connectivity index (χ3n) is 5.05. The second kappa shape index (κ2) is 9.88. The molecule has 33 heavy (non-hydrogen) atoms. The number of nitrogens with one attached hydrogen (secondary N) is 2. The number of aromatic nitrogens is 3. The first-order chi connectivity index (χ1) is 15.9. The molecule has 170 valence electrons. The summed E-state index contributed by atoms with van der Waals surface area (Å²) in [6, 6.07) is 18.4. The average Bonchev–Trinajstić information content (AvgIpc) is 3.22. The number of hydrogen-bond acceptors (Lipinski definition) is 5. The first-order valence-electron chi connectivity index (χ1n) is 10.3. The smallest absolute Gasteiger partial charge is 0.244 e. The number of benzene rings is 2. The molecule has 0 bridgehead atoms. The van der Waals surface area contributed by atoms with Gasteiger partial charge in [-0.15, -0.1) is 10.2 Å². The summed E-state index contributed by atoms with van der Waals surface area (Å²) in [6.07, 6.45) is 2.33. The number of nitrogens with zero attached hydrogens (tertiary/aromatic N) is 3. The number of amides is 1. The molecule has 4 aromatic rings. The standard InChI is InChI=1S/C23H22FN5O3S/c24-18-10-4-5-11-20(18)33(31,32)28-19(16-17-8-2-1-3-9-17)23(30)25-14-13-22-27-26-21-12-6-7-15-29(21)22/h1-12,15,19,28H,13-14,16H2,(H,25,30)/t19-/m0/s1. The number of hydrogen-bond donors (Lipinski definition) is 2. The van der Waals surface area contributed by atoms with Gasteiger partial charge in [-0.3, -0.25) is 9.20 Å². The number of rotatable bonds is 9. The molecule has 0 aliphatic carbocycles. The minimum atomic E-state index is -4.26. The first-order valence-corrected chi connectivity index (χ1v) is 11.8. The summed E-state index contributed by atoms with van der Waals surface area (Å²) in [4.78, 5) is 12.5. The summed E-state index contributed by atoms with van der Waals surface area (Å²) in [5.41, 5.74) is 1.45. The molecule has 0 aliphatic rings. The molecule has 1 atom stereocenters. The molecule has 0 saturated carbocycles. The SMILES string of the molecule is O=C(NCCc1nnc2ccccn12)[C@H](Cc1ccccc1)NS(=O)(=O)c1ccccc1F. The van der Waals surface area contributed by atoms with E-state index in [9.17, 15) is 17.6 Å². The van der Waals surface area contributed by atoms with Gasteiger partial charge in [-0.1, -0.05) is 48.5 Å². The van der Waals surface area contributed by atoms with Crippen LogP contribution in [0.1, 0.15) is 11.4 Å². The number of carbonyl (C=O) groups excluding carboxylic acids is 1. The summed E-state index contributed by atoms with van der Waals surface area (Å²) < 4.78 is 43.9. The van der Waals surface area contributed by atoms with Crippen LogP contribution < -0.4 is 10.0 Å². The van der Waals surface area contributed by atoms with Gasteiger partial charge in [0, 0.05) is 19.2 Å². The van der Waals surface area contributed by atoms with Gasteiger partial charge in [-0.05, 0) is 36.2 Å².